The maximum atomic E-state index is 10.1. The summed E-state index contributed by atoms with van der Waals surface area (Å²) in [6.45, 7) is 3.42. The van der Waals surface area contributed by atoms with E-state index in [-0.39, 0.29) is 19.5 Å². The Morgan fingerprint density at radius 3 is 0.917 bits per heavy atom. The molecular formula is C45H37N2O12Ru. The van der Waals surface area contributed by atoms with Crippen molar-refractivity contribution in [3.05, 3.63) is 134 Å². The molecular weight excluding hydrogens is 862 g/mol. The molecule has 2 aromatic heterocycles. The number of hydrogen-bond donors (Lipinski definition) is 0. The number of carbonyl (C=O) groups is 9. The van der Waals surface area contributed by atoms with E-state index in [9.17, 15) is 58.5 Å². The number of hydrogen-bond acceptors (Lipinski definition) is 14. The fraction of sp³-hybridized carbons (Fsp3) is 0.133. The summed E-state index contributed by atoms with van der Waals surface area (Å²) in [5, 5.41) is 33.7. The number of fused-ring (bicyclic) bond motifs is 2. The number of ketones is 6. The molecule has 14 nitrogen and oxygen atoms in total. The first kappa shape index (κ1) is 50.8. The fourth-order valence-electron chi connectivity index (χ4n) is 4.79. The van der Waals surface area contributed by atoms with Gasteiger partial charge in [-0.25, -0.2) is 0 Å². The minimum atomic E-state index is -1.80. The number of pyridine rings is 2. The van der Waals surface area contributed by atoms with Gasteiger partial charge < -0.3 is 29.7 Å². The molecule has 0 atom stereocenters. The molecule has 2 heterocycles. The molecule has 0 aliphatic rings. The second-order valence-corrected chi connectivity index (χ2v) is 12.3. The molecule has 0 saturated heterocycles. The topological polar surface area (TPSA) is 249 Å². The predicted octanol–water partition coefficient (Wildman–Crippen LogP) is 2.65. The summed E-state index contributed by atoms with van der Waals surface area (Å²) < 4.78 is 0. The second-order valence-electron chi connectivity index (χ2n) is 12.3. The molecule has 0 unspecified atom stereocenters. The summed E-state index contributed by atoms with van der Waals surface area (Å²) in [4.78, 5) is 98.2. The predicted molar refractivity (Wildman–Crippen MR) is 210 cm³/mol. The van der Waals surface area contributed by atoms with E-state index in [1.54, 1.807) is 0 Å². The van der Waals surface area contributed by atoms with Crippen LogP contribution in [-0.4, -0.2) is 62.6 Å². The molecule has 4 aromatic carbocycles. The van der Waals surface area contributed by atoms with E-state index in [0.29, 0.717) is 0 Å². The molecule has 0 saturated carbocycles. The molecule has 0 N–H and O–H groups in total. The van der Waals surface area contributed by atoms with Crippen LogP contribution in [0, 0.1) is 0 Å². The number of aromatic nitrogens is 2. The SMILES string of the molecule is CC(=O)CC(=O)C(=O)[O-].CC(=O)CC(=O)C(=O)[O-].CC(=O)CC(=O)C(=O)[O-].[Ru+3].c1ccc(-c2nccc3ccccc23)cc1.c1ccc(-c2nccc3ccccc23)cc1. The third-order valence-corrected chi connectivity index (χ3v) is 7.35. The van der Waals surface area contributed by atoms with Crippen molar-refractivity contribution in [2.45, 2.75) is 40.0 Å². The molecule has 0 fully saturated rings. The standard InChI is InChI=1S/2C15H11N.3C5H6O4.Ru/c2*1-2-7-13(8-3-1)15-14-9-5-4-6-12(14)10-11-16-15;3*1-3(6)2-4(7)5(8)9;/h2*1-11H;3*2H2,1H3,(H,8,9);/q;;;;;+3/p-3. The van der Waals surface area contributed by atoms with Gasteiger partial charge in [0.05, 0.1) is 30.7 Å². The minimum absolute atomic E-state index is 0. The second kappa shape index (κ2) is 26.6. The molecule has 1 radical (unpaired) electrons. The molecule has 307 valence electrons. The van der Waals surface area contributed by atoms with Gasteiger partial charge in [0.2, 0.25) is 0 Å². The summed E-state index contributed by atoms with van der Waals surface area (Å²) in [7, 11) is 0. The van der Waals surface area contributed by atoms with Crippen LogP contribution in [0.4, 0.5) is 0 Å². The van der Waals surface area contributed by atoms with Crippen LogP contribution in [0.3, 0.4) is 0 Å². The third-order valence-electron chi connectivity index (χ3n) is 7.35. The van der Waals surface area contributed by atoms with Gasteiger partial charge in [-0.1, -0.05) is 109 Å². The van der Waals surface area contributed by atoms with Crippen LogP contribution >= 0.6 is 0 Å². The molecule has 0 spiro atoms. The quantitative estimate of drug-likeness (QED) is 0.103. The zero-order valence-electron chi connectivity index (χ0n) is 32.5. The number of aliphatic carboxylic acids is 3. The molecule has 6 aromatic rings. The van der Waals surface area contributed by atoms with Gasteiger partial charge in [-0.2, -0.15) is 0 Å². The first-order chi connectivity index (χ1) is 28.0. The number of benzene rings is 4. The van der Waals surface area contributed by atoms with E-state index in [0.717, 1.165) is 32.2 Å². The van der Waals surface area contributed by atoms with Crippen LogP contribution in [0.2, 0.25) is 0 Å². The summed E-state index contributed by atoms with van der Waals surface area (Å²) in [6, 6.07) is 41.3. The van der Waals surface area contributed by atoms with E-state index in [1.807, 2.05) is 60.9 Å². The van der Waals surface area contributed by atoms with Gasteiger partial charge >= 0.3 is 19.5 Å². The molecule has 6 rings (SSSR count). The van der Waals surface area contributed by atoms with Gasteiger partial charge in [0.15, 0.2) is 17.3 Å². The number of carboxylic acid groups (broad SMARTS) is 3. The molecule has 60 heavy (non-hydrogen) atoms. The van der Waals surface area contributed by atoms with E-state index in [1.165, 1.54) is 32.7 Å². The van der Waals surface area contributed by atoms with Gasteiger partial charge in [-0.3, -0.25) is 38.7 Å². The summed E-state index contributed by atoms with van der Waals surface area (Å²) in [5.41, 5.74) is 4.44. The van der Waals surface area contributed by atoms with E-state index >= 15 is 0 Å². The van der Waals surface area contributed by atoms with Gasteiger partial charge in [-0.15, -0.1) is 0 Å². The Labute approximate surface area is 357 Å². The zero-order valence-corrected chi connectivity index (χ0v) is 34.2. The Kier molecular flexibility index (Phi) is 22.5. The average Bonchev–Trinajstić information content (AvgIpc) is 3.21. The Hall–Kier alpha value is -7.25. The van der Waals surface area contributed by atoms with Gasteiger partial charge in [0.1, 0.15) is 35.3 Å². The molecule has 15 heteroatoms. The van der Waals surface area contributed by atoms with Crippen molar-refractivity contribution in [1.82, 2.24) is 9.97 Å². The Balaban J connectivity index is 0.000000387. The summed E-state index contributed by atoms with van der Waals surface area (Å²) in [5.74, 6) is -10.3. The van der Waals surface area contributed by atoms with Crippen molar-refractivity contribution >= 4 is 74.2 Å². The molecule has 0 bridgehead atoms. The number of rotatable bonds is 11. The van der Waals surface area contributed by atoms with Gasteiger partial charge in [0, 0.05) is 34.3 Å². The monoisotopic (exact) mass is 899 g/mol. The van der Waals surface area contributed by atoms with Crippen LogP contribution in [0.15, 0.2) is 134 Å². The average molecular weight is 899 g/mol. The number of nitrogens with zero attached hydrogens (tertiary/aromatic N) is 2. The van der Waals surface area contributed by atoms with Gasteiger partial charge in [-0.05, 0) is 43.7 Å². The molecule has 0 aliphatic carbocycles. The number of Topliss-reactive ketones (excluding diaryl/α,β-unsaturated/α-hetero) is 6. The van der Waals surface area contributed by atoms with Crippen LogP contribution in [0.25, 0.3) is 44.1 Å². The maximum absolute atomic E-state index is 10.1. The van der Waals surface area contributed by atoms with Crippen molar-refractivity contribution in [1.29, 1.82) is 0 Å². The smallest absolute Gasteiger partial charge is 0.542 e. The van der Waals surface area contributed by atoms with Gasteiger partial charge in [0.25, 0.3) is 0 Å². The largest absolute Gasteiger partial charge is 3.00 e. The van der Waals surface area contributed by atoms with Crippen molar-refractivity contribution in [3.8, 4) is 22.5 Å². The van der Waals surface area contributed by atoms with E-state index < -0.39 is 71.9 Å². The van der Waals surface area contributed by atoms with E-state index in [4.69, 9.17) is 0 Å². The van der Waals surface area contributed by atoms with Crippen LogP contribution in [-0.2, 0) is 62.6 Å². The fourth-order valence-corrected chi connectivity index (χ4v) is 4.79. The summed E-state index contributed by atoms with van der Waals surface area (Å²) in [6.07, 6.45) is 2.03. The molecule has 0 aliphatic heterocycles. The third kappa shape index (κ3) is 18.3. The number of carboxylic acids is 3. The zero-order chi connectivity index (χ0) is 43.9. The molecule has 0 amide bonds. The Bertz CT molecular complexity index is 2240. The van der Waals surface area contributed by atoms with Crippen molar-refractivity contribution in [2.75, 3.05) is 0 Å². The van der Waals surface area contributed by atoms with Crippen LogP contribution in [0.1, 0.15) is 40.0 Å². The van der Waals surface area contributed by atoms with Crippen molar-refractivity contribution < 1.29 is 77.9 Å². The number of carbonyl (C=O) groups excluding carboxylic acids is 9. The Morgan fingerprint density at radius 1 is 0.400 bits per heavy atom. The minimum Gasteiger partial charge on any atom is -0.542 e. The van der Waals surface area contributed by atoms with Crippen molar-refractivity contribution in [2.24, 2.45) is 0 Å². The first-order valence-electron chi connectivity index (χ1n) is 17.5. The summed E-state index contributed by atoms with van der Waals surface area (Å²) >= 11 is 0. The van der Waals surface area contributed by atoms with Crippen LogP contribution < -0.4 is 15.3 Å². The van der Waals surface area contributed by atoms with Crippen molar-refractivity contribution in [3.63, 3.8) is 0 Å². The maximum Gasteiger partial charge on any atom is 3.00 e. The van der Waals surface area contributed by atoms with E-state index in [2.05, 4.69) is 82.8 Å². The first-order valence-corrected chi connectivity index (χ1v) is 17.5. The Morgan fingerprint density at radius 2 is 0.667 bits per heavy atom. The normalized spacial score (nSPS) is 9.45. The van der Waals surface area contributed by atoms with Crippen LogP contribution in [0.5, 0.6) is 0 Å².